The number of carboxylic acids is 1. The Bertz CT molecular complexity index is 320. The molecule has 0 aliphatic carbocycles. The van der Waals surface area contributed by atoms with Gasteiger partial charge in [0.2, 0.25) is 0 Å². The number of carboxylic acid groups (broad SMARTS) is 1. The summed E-state index contributed by atoms with van der Waals surface area (Å²) in [6.07, 6.45) is -0.634. The van der Waals surface area contributed by atoms with Gasteiger partial charge >= 0.3 is 5.97 Å². The van der Waals surface area contributed by atoms with Gasteiger partial charge in [-0.1, -0.05) is 34.1 Å². The van der Waals surface area contributed by atoms with Crippen molar-refractivity contribution >= 4 is 5.97 Å². The minimum absolute atomic E-state index is 0.291. The first-order valence-electron chi connectivity index (χ1n) is 5.36. The molecule has 1 rings (SSSR count). The molecule has 0 aliphatic heterocycles. The fourth-order valence-electron chi connectivity index (χ4n) is 0.607. The average Bonchev–Trinajstić information content (AvgIpc) is 2.33. The summed E-state index contributed by atoms with van der Waals surface area (Å²) in [5.41, 5.74) is -0.921. The molecule has 0 fully saturated rings. The Labute approximate surface area is 99.7 Å². The highest BCUT2D eigenvalue weighted by atomic mass is 19.3. The SMILES string of the molecule is CC.CCC.O=C(O)c1cnnc(C(F)F)c1. The normalized spacial score (nSPS) is 8.65. The first kappa shape index (κ1) is 17.8. The van der Waals surface area contributed by atoms with Gasteiger partial charge in [0.05, 0.1) is 11.8 Å². The monoisotopic (exact) mass is 248 g/mol. The van der Waals surface area contributed by atoms with Crippen LogP contribution in [0.1, 0.15) is 56.6 Å². The van der Waals surface area contributed by atoms with Gasteiger partial charge in [-0.2, -0.15) is 5.10 Å². The summed E-state index contributed by atoms with van der Waals surface area (Å²) in [4.78, 5) is 10.3. The maximum atomic E-state index is 11.9. The van der Waals surface area contributed by atoms with Crippen LogP contribution in [0.15, 0.2) is 12.3 Å². The third-order valence-corrected chi connectivity index (χ3v) is 1.14. The van der Waals surface area contributed by atoms with Gasteiger partial charge in [0.25, 0.3) is 6.43 Å². The number of alkyl halides is 2. The molecular weight excluding hydrogens is 230 g/mol. The molecule has 0 radical (unpaired) electrons. The van der Waals surface area contributed by atoms with Crippen LogP contribution in [0.5, 0.6) is 0 Å². The minimum Gasteiger partial charge on any atom is -0.478 e. The predicted octanol–water partition coefficient (Wildman–Crippen LogP) is 3.55. The molecule has 6 heteroatoms. The molecule has 1 aromatic rings. The van der Waals surface area contributed by atoms with Gasteiger partial charge in [0, 0.05) is 0 Å². The molecule has 98 valence electrons. The van der Waals surface area contributed by atoms with E-state index in [-0.39, 0.29) is 5.56 Å². The van der Waals surface area contributed by atoms with Crippen molar-refractivity contribution in [1.82, 2.24) is 10.2 Å². The molecule has 1 heterocycles. The van der Waals surface area contributed by atoms with Crippen molar-refractivity contribution in [2.45, 2.75) is 40.5 Å². The van der Waals surface area contributed by atoms with Gasteiger partial charge in [-0.15, -0.1) is 5.10 Å². The number of hydrogen-bond donors (Lipinski definition) is 1. The maximum absolute atomic E-state index is 11.9. The standard InChI is InChI=1S/C6H4F2N2O2.C3H8.C2H6/c7-5(8)4-1-3(6(11)12)2-9-10-4;1-3-2;1-2/h1-2,5H,(H,11,12);3H2,1-2H3;1-2H3. The van der Waals surface area contributed by atoms with Crippen LogP contribution in [0.25, 0.3) is 0 Å². The summed E-state index contributed by atoms with van der Waals surface area (Å²) in [6, 6.07) is 0.792. The molecule has 4 nitrogen and oxygen atoms in total. The number of nitrogens with zero attached hydrogens (tertiary/aromatic N) is 2. The van der Waals surface area contributed by atoms with Crippen LogP contribution < -0.4 is 0 Å². The van der Waals surface area contributed by atoms with Crippen molar-refractivity contribution in [3.8, 4) is 0 Å². The van der Waals surface area contributed by atoms with Crippen molar-refractivity contribution in [1.29, 1.82) is 0 Å². The molecule has 0 amide bonds. The number of aromatic nitrogens is 2. The summed E-state index contributed by atoms with van der Waals surface area (Å²) in [5.74, 6) is -1.30. The van der Waals surface area contributed by atoms with Crippen LogP contribution in [0.3, 0.4) is 0 Å². The molecule has 0 spiro atoms. The maximum Gasteiger partial charge on any atom is 0.337 e. The fourth-order valence-corrected chi connectivity index (χ4v) is 0.607. The third kappa shape index (κ3) is 8.24. The lowest BCUT2D eigenvalue weighted by atomic mass is 10.3. The largest absolute Gasteiger partial charge is 0.478 e. The van der Waals surface area contributed by atoms with Gasteiger partial charge in [0.15, 0.2) is 0 Å². The molecule has 0 aliphatic rings. The number of hydrogen-bond acceptors (Lipinski definition) is 3. The van der Waals surface area contributed by atoms with E-state index in [1.165, 1.54) is 6.42 Å². The van der Waals surface area contributed by atoms with Gasteiger partial charge in [0.1, 0.15) is 5.69 Å². The van der Waals surface area contributed by atoms with Crippen LogP contribution in [0.2, 0.25) is 0 Å². The summed E-state index contributed by atoms with van der Waals surface area (Å²) >= 11 is 0. The Morgan fingerprint density at radius 2 is 1.88 bits per heavy atom. The molecule has 0 saturated carbocycles. The average molecular weight is 248 g/mol. The Kier molecular flexibility index (Phi) is 11.4. The third-order valence-electron chi connectivity index (χ3n) is 1.14. The van der Waals surface area contributed by atoms with E-state index in [1.54, 1.807) is 0 Å². The highest BCUT2D eigenvalue weighted by Gasteiger charge is 2.12. The Balaban J connectivity index is 0. The van der Waals surface area contributed by atoms with Crippen molar-refractivity contribution in [3.05, 3.63) is 23.5 Å². The topological polar surface area (TPSA) is 63.1 Å². The van der Waals surface area contributed by atoms with E-state index in [2.05, 4.69) is 24.0 Å². The van der Waals surface area contributed by atoms with E-state index in [4.69, 9.17) is 5.11 Å². The van der Waals surface area contributed by atoms with E-state index in [9.17, 15) is 13.6 Å². The van der Waals surface area contributed by atoms with Gasteiger partial charge in [-0.25, -0.2) is 13.6 Å². The second-order valence-corrected chi connectivity index (χ2v) is 2.68. The van der Waals surface area contributed by atoms with E-state index >= 15 is 0 Å². The quantitative estimate of drug-likeness (QED) is 0.869. The lowest BCUT2D eigenvalue weighted by Crippen LogP contribution is -2.01. The highest BCUT2D eigenvalue weighted by molar-refractivity contribution is 5.87. The summed E-state index contributed by atoms with van der Waals surface area (Å²) in [7, 11) is 0. The van der Waals surface area contributed by atoms with E-state index in [0.29, 0.717) is 0 Å². The van der Waals surface area contributed by atoms with Crippen molar-refractivity contribution in [2.24, 2.45) is 0 Å². The summed E-state index contributed by atoms with van der Waals surface area (Å²) in [5, 5.41) is 14.6. The zero-order chi connectivity index (χ0) is 13.8. The predicted molar refractivity (Wildman–Crippen MR) is 61.3 cm³/mol. The smallest absolute Gasteiger partial charge is 0.337 e. The fraction of sp³-hybridized carbons (Fsp3) is 0.545. The zero-order valence-corrected chi connectivity index (χ0v) is 10.4. The van der Waals surface area contributed by atoms with Gasteiger partial charge in [-0.05, 0) is 6.07 Å². The zero-order valence-electron chi connectivity index (χ0n) is 10.4. The Morgan fingerprint density at radius 3 is 2.24 bits per heavy atom. The molecule has 0 saturated heterocycles. The molecule has 0 aromatic carbocycles. The number of halogens is 2. The Morgan fingerprint density at radius 1 is 1.41 bits per heavy atom. The van der Waals surface area contributed by atoms with E-state index in [1.807, 2.05) is 13.8 Å². The summed E-state index contributed by atoms with van der Waals surface area (Å²) < 4.78 is 23.8. The molecule has 0 bridgehead atoms. The van der Waals surface area contributed by atoms with E-state index in [0.717, 1.165) is 12.3 Å². The molecule has 17 heavy (non-hydrogen) atoms. The van der Waals surface area contributed by atoms with Crippen molar-refractivity contribution < 1.29 is 18.7 Å². The second kappa shape index (κ2) is 10.9. The molecule has 1 N–H and O–H groups in total. The van der Waals surface area contributed by atoms with Gasteiger partial charge < -0.3 is 5.11 Å². The first-order chi connectivity index (χ1) is 8.02. The molecule has 0 atom stereocenters. The van der Waals surface area contributed by atoms with E-state index < -0.39 is 18.1 Å². The first-order valence-corrected chi connectivity index (χ1v) is 5.36. The number of carbonyl (C=O) groups is 1. The summed E-state index contributed by atoms with van der Waals surface area (Å²) in [6.45, 7) is 8.25. The number of rotatable bonds is 2. The van der Waals surface area contributed by atoms with Crippen LogP contribution in [0, 0.1) is 0 Å². The number of aromatic carboxylic acids is 1. The molecule has 1 aromatic heterocycles. The van der Waals surface area contributed by atoms with Crippen LogP contribution >= 0.6 is 0 Å². The minimum atomic E-state index is -2.79. The van der Waals surface area contributed by atoms with Gasteiger partial charge in [-0.3, -0.25) is 0 Å². The van der Waals surface area contributed by atoms with Crippen LogP contribution in [-0.2, 0) is 0 Å². The van der Waals surface area contributed by atoms with Crippen molar-refractivity contribution in [3.63, 3.8) is 0 Å². The van der Waals surface area contributed by atoms with Crippen molar-refractivity contribution in [2.75, 3.05) is 0 Å². The lowest BCUT2D eigenvalue weighted by molar-refractivity contribution is 0.0695. The highest BCUT2D eigenvalue weighted by Crippen LogP contribution is 2.15. The molecular formula is C11H18F2N2O2. The second-order valence-electron chi connectivity index (χ2n) is 2.68. The molecule has 0 unspecified atom stereocenters. The Hall–Kier alpha value is -1.59. The van der Waals surface area contributed by atoms with Crippen LogP contribution in [0.4, 0.5) is 8.78 Å². The van der Waals surface area contributed by atoms with Crippen LogP contribution in [-0.4, -0.2) is 21.3 Å². The lowest BCUT2D eigenvalue weighted by Gasteiger charge is -1.97.